The van der Waals surface area contributed by atoms with Gasteiger partial charge in [0.2, 0.25) is 5.95 Å². The molecule has 0 aliphatic carbocycles. The second-order valence-electron chi connectivity index (χ2n) is 6.82. The first-order valence-corrected chi connectivity index (χ1v) is 9.27. The average molecular weight is 463 g/mol. The van der Waals surface area contributed by atoms with Gasteiger partial charge in [-0.2, -0.15) is 4.98 Å². The van der Waals surface area contributed by atoms with Crippen LogP contribution in [0.4, 0.5) is 21.8 Å². The number of anilines is 3. The van der Waals surface area contributed by atoms with Gasteiger partial charge in [-0.25, -0.2) is 14.4 Å². The predicted molar refractivity (Wildman–Crippen MR) is 121 cm³/mol. The van der Waals surface area contributed by atoms with E-state index >= 15 is 0 Å². The first kappa shape index (κ1) is 23.4. The van der Waals surface area contributed by atoms with Gasteiger partial charge in [0.1, 0.15) is 12.5 Å². The monoisotopic (exact) mass is 461 g/mol. The lowest BCUT2D eigenvalue weighted by atomic mass is 10.1. The average Bonchev–Trinajstić information content (AvgIpc) is 2.67. The third-order valence-corrected chi connectivity index (χ3v) is 5.03. The van der Waals surface area contributed by atoms with Crippen LogP contribution in [0.1, 0.15) is 18.4 Å². The van der Waals surface area contributed by atoms with Crippen molar-refractivity contribution in [2.75, 3.05) is 42.6 Å². The molecule has 2 aliphatic heterocycles. The van der Waals surface area contributed by atoms with Crippen molar-refractivity contribution in [2.24, 2.45) is 4.99 Å². The van der Waals surface area contributed by atoms with Gasteiger partial charge >= 0.3 is 0 Å². The molecule has 158 valence electrons. The van der Waals surface area contributed by atoms with E-state index in [1.807, 2.05) is 0 Å². The van der Waals surface area contributed by atoms with Gasteiger partial charge in [0.25, 0.3) is 0 Å². The number of halogens is 4. The van der Waals surface area contributed by atoms with Crippen LogP contribution in [0, 0.1) is 5.82 Å². The maximum absolute atomic E-state index is 13.4. The second kappa shape index (κ2) is 10.2. The van der Waals surface area contributed by atoms with E-state index in [4.69, 9.17) is 11.6 Å². The molecule has 0 atom stereocenters. The number of nitrogens with one attached hydrogen (secondary N) is 2. The Labute approximate surface area is 186 Å². The van der Waals surface area contributed by atoms with Crippen molar-refractivity contribution in [1.82, 2.24) is 14.9 Å². The van der Waals surface area contributed by atoms with E-state index in [1.165, 1.54) is 12.1 Å². The van der Waals surface area contributed by atoms with Crippen molar-refractivity contribution >= 4 is 60.1 Å². The van der Waals surface area contributed by atoms with Gasteiger partial charge < -0.3 is 10.2 Å². The molecule has 7 nitrogen and oxygen atoms in total. The maximum atomic E-state index is 13.4. The fraction of sp³-hybridized carbons (Fsp3) is 0.389. The van der Waals surface area contributed by atoms with E-state index in [0.717, 1.165) is 37.3 Å². The minimum absolute atomic E-state index is 0. The molecule has 1 aromatic carbocycles. The number of hydrogen-bond acceptors (Lipinski definition) is 7. The Kier molecular flexibility index (Phi) is 8.27. The number of aliphatic imine (C=N–C) groups is 1. The lowest BCUT2D eigenvalue weighted by Crippen LogP contribution is -2.37. The standard InChI is InChI=1S/C18H21ClFN7.2ClH/c1-26-6-4-13(5-7-26)23-18-22-10-12-9-21-11-27(17(12)24-18)25-14-2-3-16(20)15(19)8-14;;/h2-3,8-10,13,25H,4-7,11H2,1H3,(H,22,23,24);2*1H. The van der Waals surface area contributed by atoms with Crippen molar-refractivity contribution in [1.29, 1.82) is 0 Å². The van der Waals surface area contributed by atoms with Crippen molar-refractivity contribution < 1.29 is 4.39 Å². The summed E-state index contributed by atoms with van der Waals surface area (Å²) in [6, 6.07) is 4.85. The van der Waals surface area contributed by atoms with Gasteiger partial charge in [0.05, 0.1) is 16.3 Å². The summed E-state index contributed by atoms with van der Waals surface area (Å²) in [5.74, 6) is 0.865. The van der Waals surface area contributed by atoms with Gasteiger partial charge in [-0.3, -0.25) is 10.4 Å². The number of likely N-dealkylation sites (tertiary alicyclic amines) is 1. The molecule has 0 unspecified atom stereocenters. The lowest BCUT2D eigenvalue weighted by Gasteiger charge is -2.30. The molecule has 1 fully saturated rings. The highest BCUT2D eigenvalue weighted by Crippen LogP contribution is 2.25. The van der Waals surface area contributed by atoms with E-state index < -0.39 is 5.82 Å². The maximum Gasteiger partial charge on any atom is 0.224 e. The number of nitrogens with zero attached hydrogens (tertiary/aromatic N) is 5. The molecule has 3 heterocycles. The molecular formula is C18H23Cl3FN7. The Morgan fingerprint density at radius 3 is 2.69 bits per heavy atom. The van der Waals surface area contributed by atoms with Gasteiger partial charge in [0, 0.05) is 18.5 Å². The zero-order valence-corrected chi connectivity index (χ0v) is 18.2. The number of piperidine rings is 1. The Morgan fingerprint density at radius 2 is 1.97 bits per heavy atom. The van der Waals surface area contributed by atoms with Crippen LogP contribution in [0.2, 0.25) is 5.02 Å². The molecule has 29 heavy (non-hydrogen) atoms. The Morgan fingerprint density at radius 1 is 1.21 bits per heavy atom. The Balaban J connectivity index is 0.00000150. The topological polar surface area (TPSA) is 68.7 Å². The molecule has 0 saturated carbocycles. The number of aromatic nitrogens is 2. The number of benzene rings is 1. The zero-order valence-electron chi connectivity index (χ0n) is 15.8. The van der Waals surface area contributed by atoms with Crippen LogP contribution in [0.25, 0.3) is 0 Å². The largest absolute Gasteiger partial charge is 0.351 e. The highest BCUT2D eigenvalue weighted by molar-refractivity contribution is 6.31. The van der Waals surface area contributed by atoms with Gasteiger partial charge in [0.15, 0.2) is 5.82 Å². The van der Waals surface area contributed by atoms with E-state index in [0.29, 0.717) is 24.3 Å². The van der Waals surface area contributed by atoms with Crippen LogP contribution in [0.15, 0.2) is 29.4 Å². The fourth-order valence-corrected chi connectivity index (χ4v) is 3.37. The first-order chi connectivity index (χ1) is 13.1. The van der Waals surface area contributed by atoms with Crippen LogP contribution >= 0.6 is 36.4 Å². The van der Waals surface area contributed by atoms with Gasteiger partial charge in [-0.05, 0) is 51.2 Å². The molecule has 4 rings (SSSR count). The van der Waals surface area contributed by atoms with E-state index in [9.17, 15) is 4.39 Å². The molecular weight excluding hydrogens is 440 g/mol. The van der Waals surface area contributed by atoms with Crippen LogP contribution in [0.5, 0.6) is 0 Å². The molecule has 0 spiro atoms. The van der Waals surface area contributed by atoms with Crippen molar-refractivity contribution in [3.8, 4) is 0 Å². The highest BCUT2D eigenvalue weighted by atomic mass is 35.5. The summed E-state index contributed by atoms with van der Waals surface area (Å²) >= 11 is 5.87. The molecule has 2 aliphatic rings. The summed E-state index contributed by atoms with van der Waals surface area (Å²) in [7, 11) is 2.14. The summed E-state index contributed by atoms with van der Waals surface area (Å²) in [6.07, 6.45) is 5.64. The third-order valence-electron chi connectivity index (χ3n) is 4.74. The summed E-state index contributed by atoms with van der Waals surface area (Å²) in [4.78, 5) is 15.7. The predicted octanol–water partition coefficient (Wildman–Crippen LogP) is 3.84. The van der Waals surface area contributed by atoms with E-state index in [1.54, 1.807) is 23.5 Å². The molecule has 1 saturated heterocycles. The molecule has 0 radical (unpaired) electrons. The molecule has 2 N–H and O–H groups in total. The lowest BCUT2D eigenvalue weighted by molar-refractivity contribution is 0.263. The number of rotatable bonds is 4. The minimum Gasteiger partial charge on any atom is -0.351 e. The molecule has 2 aromatic rings. The molecule has 0 amide bonds. The SMILES string of the molecule is CN1CCC(Nc2ncc3c(n2)N(Nc2ccc(F)c(Cl)c2)CN=C3)CC1.Cl.Cl. The number of fused-ring (bicyclic) bond motifs is 1. The van der Waals surface area contributed by atoms with Gasteiger partial charge in [-0.1, -0.05) is 11.6 Å². The fourth-order valence-electron chi connectivity index (χ4n) is 3.19. The summed E-state index contributed by atoms with van der Waals surface area (Å²) in [5.41, 5.74) is 4.66. The first-order valence-electron chi connectivity index (χ1n) is 8.90. The molecule has 11 heteroatoms. The summed E-state index contributed by atoms with van der Waals surface area (Å²) < 4.78 is 13.4. The normalized spacial score (nSPS) is 16.4. The Hall–Kier alpha value is -1.87. The van der Waals surface area contributed by atoms with Gasteiger partial charge in [-0.15, -0.1) is 24.8 Å². The van der Waals surface area contributed by atoms with Crippen molar-refractivity contribution in [3.05, 3.63) is 40.8 Å². The van der Waals surface area contributed by atoms with Crippen LogP contribution in [0.3, 0.4) is 0 Å². The third kappa shape index (κ3) is 5.60. The van der Waals surface area contributed by atoms with Crippen LogP contribution in [-0.4, -0.2) is 53.9 Å². The number of hydrogen-bond donors (Lipinski definition) is 2. The number of hydrazine groups is 1. The van der Waals surface area contributed by atoms with E-state index in [-0.39, 0.29) is 29.8 Å². The minimum atomic E-state index is -0.453. The van der Waals surface area contributed by atoms with Crippen molar-refractivity contribution in [2.45, 2.75) is 18.9 Å². The van der Waals surface area contributed by atoms with Crippen LogP contribution in [-0.2, 0) is 0 Å². The second-order valence-corrected chi connectivity index (χ2v) is 7.22. The van der Waals surface area contributed by atoms with Crippen LogP contribution < -0.4 is 15.8 Å². The highest BCUT2D eigenvalue weighted by Gasteiger charge is 2.21. The van der Waals surface area contributed by atoms with E-state index in [2.05, 4.69) is 37.7 Å². The quantitative estimate of drug-likeness (QED) is 0.719. The zero-order chi connectivity index (χ0) is 18.8. The summed E-state index contributed by atoms with van der Waals surface area (Å²) in [6.45, 7) is 2.51. The molecule has 1 aromatic heterocycles. The molecule has 0 bridgehead atoms. The summed E-state index contributed by atoms with van der Waals surface area (Å²) in [5, 5.41) is 5.29. The smallest absolute Gasteiger partial charge is 0.224 e. The Bertz CT molecular complexity index is 859. The van der Waals surface area contributed by atoms with Crippen molar-refractivity contribution in [3.63, 3.8) is 0 Å².